The number of rotatable bonds is 4. The van der Waals surface area contributed by atoms with Gasteiger partial charge < -0.3 is 14.7 Å². The van der Waals surface area contributed by atoms with Crippen LogP contribution in [-0.4, -0.2) is 24.9 Å². The zero-order chi connectivity index (χ0) is 8.69. The van der Waals surface area contributed by atoms with Gasteiger partial charge in [-0.3, -0.25) is 4.79 Å². The average molecular weight is 179 g/mol. The molecule has 0 unspecified atom stereocenters. The molecule has 2 N–H and O–H groups in total. The number of nitrogens with two attached hydrogens (primary N) is 1. The van der Waals surface area contributed by atoms with E-state index in [1.165, 1.54) is 7.11 Å². The highest BCUT2D eigenvalue weighted by Crippen LogP contribution is 2.04. The van der Waals surface area contributed by atoms with Crippen LogP contribution < -0.4 is 5.73 Å². The first-order valence-corrected chi connectivity index (χ1v) is 3.56. The van der Waals surface area contributed by atoms with Gasteiger partial charge in [-0.05, 0) is 0 Å². The third-order valence-corrected chi connectivity index (χ3v) is 1.28. The molecule has 0 heterocycles. The molecular formula is C5H9NO4S. The second kappa shape index (κ2) is 5.99. The first-order valence-electron chi connectivity index (χ1n) is 2.82. The van der Waals surface area contributed by atoms with E-state index in [9.17, 15) is 9.59 Å². The number of hydrogen-bond acceptors (Lipinski definition) is 5. The van der Waals surface area contributed by atoms with Crippen LogP contribution in [-0.2, 0) is 13.7 Å². The Kier molecular flexibility index (Phi) is 5.58. The summed E-state index contributed by atoms with van der Waals surface area (Å²) in [7, 11) is 1.39. The highest BCUT2D eigenvalue weighted by molar-refractivity contribution is 8.09. The van der Waals surface area contributed by atoms with Gasteiger partial charge in [-0.15, -0.1) is 0 Å². The number of carbonyl (C=O) groups is 2. The number of primary amides is 1. The second-order valence-electron chi connectivity index (χ2n) is 1.54. The van der Waals surface area contributed by atoms with Crippen LogP contribution in [0.4, 0.5) is 4.79 Å². The van der Waals surface area contributed by atoms with Gasteiger partial charge in [0.25, 0.3) is 0 Å². The fourth-order valence-electron chi connectivity index (χ4n) is 0.370. The smallest absolute Gasteiger partial charge is 0.404 e. The standard InChI is InChI=1S/C5H9NO4S/c1-9-11-4(7)2-3-10-5(6)8/h2-3H2,1H3,(H2,6,8). The molecule has 64 valence electrons. The maximum absolute atomic E-state index is 10.6. The summed E-state index contributed by atoms with van der Waals surface area (Å²) in [6, 6.07) is 0. The first kappa shape index (κ1) is 10.2. The van der Waals surface area contributed by atoms with Crippen molar-refractivity contribution >= 4 is 23.3 Å². The monoisotopic (exact) mass is 179 g/mol. The molecule has 0 aromatic carbocycles. The van der Waals surface area contributed by atoms with E-state index in [0.717, 1.165) is 0 Å². The molecule has 1 amide bonds. The van der Waals surface area contributed by atoms with Crippen LogP contribution in [0.25, 0.3) is 0 Å². The first-order chi connectivity index (χ1) is 5.16. The summed E-state index contributed by atoms with van der Waals surface area (Å²) < 4.78 is 8.76. The number of hydrogen-bond donors (Lipinski definition) is 1. The molecule has 0 aliphatic rings. The molecule has 0 atom stereocenters. The van der Waals surface area contributed by atoms with Crippen LogP contribution in [0.5, 0.6) is 0 Å². The van der Waals surface area contributed by atoms with Crippen LogP contribution in [0.15, 0.2) is 0 Å². The minimum atomic E-state index is -0.875. The Morgan fingerprint density at radius 2 is 2.18 bits per heavy atom. The third-order valence-electron chi connectivity index (χ3n) is 0.727. The van der Waals surface area contributed by atoms with Gasteiger partial charge in [0.15, 0.2) is 0 Å². The Hall–Kier alpha value is -0.750. The zero-order valence-electron chi connectivity index (χ0n) is 6.03. The van der Waals surface area contributed by atoms with Crippen molar-refractivity contribution in [3.8, 4) is 0 Å². The summed E-state index contributed by atoms with van der Waals surface area (Å²) in [4.78, 5) is 20.6. The molecule has 0 spiro atoms. The molecule has 0 fully saturated rings. The lowest BCUT2D eigenvalue weighted by Crippen LogP contribution is -2.14. The predicted molar refractivity (Wildman–Crippen MR) is 39.8 cm³/mol. The van der Waals surface area contributed by atoms with E-state index in [4.69, 9.17) is 0 Å². The van der Waals surface area contributed by atoms with Gasteiger partial charge in [-0.25, -0.2) is 4.79 Å². The van der Waals surface area contributed by atoms with Crippen molar-refractivity contribution < 1.29 is 18.5 Å². The van der Waals surface area contributed by atoms with E-state index in [1.807, 2.05) is 0 Å². The summed E-state index contributed by atoms with van der Waals surface area (Å²) in [5.41, 5.74) is 4.64. The summed E-state index contributed by atoms with van der Waals surface area (Å²) in [6.07, 6.45) is -0.762. The van der Waals surface area contributed by atoms with E-state index in [-0.39, 0.29) is 18.1 Å². The molecule has 5 nitrogen and oxygen atoms in total. The zero-order valence-corrected chi connectivity index (χ0v) is 6.85. The molecule has 6 heteroatoms. The molecule has 0 bridgehead atoms. The lowest BCUT2D eigenvalue weighted by molar-refractivity contribution is -0.111. The molecule has 0 aliphatic heterocycles. The molecule has 0 radical (unpaired) electrons. The van der Waals surface area contributed by atoms with Gasteiger partial charge >= 0.3 is 6.09 Å². The Labute approximate surface area is 68.4 Å². The largest absolute Gasteiger partial charge is 0.449 e. The fourth-order valence-corrected chi connectivity index (χ4v) is 0.722. The van der Waals surface area contributed by atoms with Gasteiger partial charge in [0.05, 0.1) is 25.6 Å². The van der Waals surface area contributed by atoms with E-state index in [2.05, 4.69) is 14.7 Å². The SMILES string of the molecule is COSC(=O)CCOC(N)=O. The molecule has 0 aromatic heterocycles. The second-order valence-corrected chi connectivity index (χ2v) is 2.49. The Morgan fingerprint density at radius 3 is 2.64 bits per heavy atom. The van der Waals surface area contributed by atoms with Crippen LogP contribution >= 0.6 is 12.0 Å². The van der Waals surface area contributed by atoms with E-state index < -0.39 is 6.09 Å². The molecule has 0 aliphatic carbocycles. The van der Waals surface area contributed by atoms with Crippen molar-refractivity contribution in [1.82, 2.24) is 0 Å². The molecule has 0 rings (SSSR count). The van der Waals surface area contributed by atoms with Crippen LogP contribution in [0.3, 0.4) is 0 Å². The summed E-state index contributed by atoms with van der Waals surface area (Å²) in [5.74, 6) is 0. The maximum Gasteiger partial charge on any atom is 0.404 e. The molecule has 11 heavy (non-hydrogen) atoms. The average Bonchev–Trinajstić information content (AvgIpc) is 1.87. The van der Waals surface area contributed by atoms with Gasteiger partial charge in [0.1, 0.15) is 6.61 Å². The highest BCUT2D eigenvalue weighted by atomic mass is 32.2. The lowest BCUT2D eigenvalue weighted by Gasteiger charge is -1.98. The number of amides is 1. The van der Waals surface area contributed by atoms with Gasteiger partial charge in [0, 0.05) is 0 Å². The van der Waals surface area contributed by atoms with Crippen LogP contribution in [0.2, 0.25) is 0 Å². The van der Waals surface area contributed by atoms with Gasteiger partial charge in [-0.2, -0.15) is 0 Å². The van der Waals surface area contributed by atoms with Crippen molar-refractivity contribution in [3.63, 3.8) is 0 Å². The Morgan fingerprint density at radius 1 is 1.55 bits per heavy atom. The minimum Gasteiger partial charge on any atom is -0.449 e. The summed E-state index contributed by atoms with van der Waals surface area (Å²) in [6.45, 7) is 0.00449. The third kappa shape index (κ3) is 7.14. The van der Waals surface area contributed by atoms with Crippen LogP contribution in [0.1, 0.15) is 6.42 Å². The predicted octanol–water partition coefficient (Wildman–Crippen LogP) is 0.293. The lowest BCUT2D eigenvalue weighted by atomic mass is 10.5. The van der Waals surface area contributed by atoms with Crippen molar-refractivity contribution in [2.75, 3.05) is 13.7 Å². The van der Waals surface area contributed by atoms with Crippen molar-refractivity contribution in [3.05, 3.63) is 0 Å². The topological polar surface area (TPSA) is 78.6 Å². The van der Waals surface area contributed by atoms with Crippen molar-refractivity contribution in [2.45, 2.75) is 6.42 Å². The Balaban J connectivity index is 3.24. The van der Waals surface area contributed by atoms with Gasteiger partial charge in [0.2, 0.25) is 5.12 Å². The van der Waals surface area contributed by atoms with Crippen molar-refractivity contribution in [2.24, 2.45) is 5.73 Å². The molecule has 0 saturated heterocycles. The highest BCUT2D eigenvalue weighted by Gasteiger charge is 2.03. The number of ether oxygens (including phenoxy) is 1. The normalized spacial score (nSPS) is 9.18. The van der Waals surface area contributed by atoms with Gasteiger partial charge in [-0.1, -0.05) is 0 Å². The summed E-state index contributed by atoms with van der Waals surface area (Å²) >= 11 is 0.712. The molecule has 0 saturated carbocycles. The minimum absolute atomic E-state index is 0.00449. The van der Waals surface area contributed by atoms with Crippen LogP contribution in [0, 0.1) is 0 Å². The Bertz CT molecular complexity index is 149. The maximum atomic E-state index is 10.6. The number of carbonyl (C=O) groups excluding carboxylic acids is 2. The fraction of sp³-hybridized carbons (Fsp3) is 0.600. The quantitative estimate of drug-likeness (QED) is 0.627. The molecule has 0 aromatic rings. The molecular weight excluding hydrogens is 170 g/mol. The van der Waals surface area contributed by atoms with E-state index in [1.54, 1.807) is 0 Å². The summed E-state index contributed by atoms with van der Waals surface area (Å²) in [5, 5.41) is -0.200. The van der Waals surface area contributed by atoms with E-state index in [0.29, 0.717) is 12.0 Å². The van der Waals surface area contributed by atoms with E-state index >= 15 is 0 Å². The van der Waals surface area contributed by atoms with Crippen molar-refractivity contribution in [1.29, 1.82) is 0 Å².